The van der Waals surface area contributed by atoms with Gasteiger partial charge in [-0.2, -0.15) is 0 Å². The van der Waals surface area contributed by atoms with Crippen LogP contribution in [0.1, 0.15) is 30.6 Å². The van der Waals surface area contributed by atoms with Crippen molar-refractivity contribution in [2.45, 2.75) is 32.4 Å². The third-order valence-electron chi connectivity index (χ3n) is 3.99. The van der Waals surface area contributed by atoms with Gasteiger partial charge in [0.05, 0.1) is 35.8 Å². The SMILES string of the molecule is CCOc1c(Cl)cc(C(=O)O[C@H](C)C(=O)N[C@@H]2CCS(=O)(=O)C2)cc1OC. The number of ether oxygens (including phenoxy) is 3. The molecule has 2 rings (SSSR count). The van der Waals surface area contributed by atoms with Gasteiger partial charge in [0.15, 0.2) is 27.4 Å². The number of carbonyl (C=O) groups excluding carboxylic acids is 2. The highest BCUT2D eigenvalue weighted by molar-refractivity contribution is 7.91. The molecule has 1 heterocycles. The summed E-state index contributed by atoms with van der Waals surface area (Å²) in [6.45, 7) is 3.56. The molecule has 1 aromatic carbocycles. The number of hydrogen-bond donors (Lipinski definition) is 1. The molecule has 1 aliphatic heterocycles. The molecule has 2 atom stereocenters. The van der Waals surface area contributed by atoms with Crippen LogP contribution in [0.2, 0.25) is 5.02 Å². The van der Waals surface area contributed by atoms with Crippen LogP contribution in [0.3, 0.4) is 0 Å². The van der Waals surface area contributed by atoms with Crippen molar-refractivity contribution in [2.24, 2.45) is 0 Å². The van der Waals surface area contributed by atoms with Gasteiger partial charge in [0.25, 0.3) is 5.91 Å². The molecule has 0 saturated carbocycles. The Kier molecular flexibility index (Phi) is 6.94. The molecule has 27 heavy (non-hydrogen) atoms. The van der Waals surface area contributed by atoms with Crippen molar-refractivity contribution in [2.75, 3.05) is 25.2 Å². The molecule has 0 aromatic heterocycles. The summed E-state index contributed by atoms with van der Waals surface area (Å²) in [6.07, 6.45) is -0.752. The molecule has 1 N–H and O–H groups in total. The van der Waals surface area contributed by atoms with Crippen molar-refractivity contribution in [1.82, 2.24) is 5.32 Å². The average Bonchev–Trinajstić information content (AvgIpc) is 2.94. The van der Waals surface area contributed by atoms with Crippen LogP contribution in [0.25, 0.3) is 0 Å². The van der Waals surface area contributed by atoms with E-state index in [4.69, 9.17) is 25.8 Å². The number of hydrogen-bond acceptors (Lipinski definition) is 7. The summed E-state index contributed by atoms with van der Waals surface area (Å²) in [5, 5.41) is 2.76. The zero-order chi connectivity index (χ0) is 20.2. The Morgan fingerprint density at radius 1 is 1.37 bits per heavy atom. The van der Waals surface area contributed by atoms with Gasteiger partial charge in [0.1, 0.15) is 0 Å². The Hall–Kier alpha value is -2.00. The predicted molar refractivity (Wildman–Crippen MR) is 99.3 cm³/mol. The van der Waals surface area contributed by atoms with E-state index in [9.17, 15) is 18.0 Å². The fourth-order valence-corrected chi connectivity index (χ4v) is 4.57. The molecule has 1 saturated heterocycles. The highest BCUT2D eigenvalue weighted by Crippen LogP contribution is 2.36. The van der Waals surface area contributed by atoms with Crippen LogP contribution in [-0.4, -0.2) is 57.7 Å². The number of amides is 1. The van der Waals surface area contributed by atoms with E-state index in [2.05, 4.69) is 5.32 Å². The zero-order valence-electron chi connectivity index (χ0n) is 15.3. The van der Waals surface area contributed by atoms with Crippen LogP contribution in [0.5, 0.6) is 11.5 Å². The number of nitrogens with one attached hydrogen (secondary N) is 1. The number of benzene rings is 1. The standard InChI is InChI=1S/C17H22ClNO7S/c1-4-25-15-13(18)7-11(8-14(15)24-3)17(21)26-10(2)16(20)19-12-5-6-27(22,23)9-12/h7-8,10,12H,4-6,9H2,1-3H3,(H,19,20)/t10-,12-/m1/s1. The number of halogens is 1. The van der Waals surface area contributed by atoms with Gasteiger partial charge in [-0.3, -0.25) is 4.79 Å². The fourth-order valence-electron chi connectivity index (χ4n) is 2.63. The number of rotatable bonds is 7. The fraction of sp³-hybridized carbons (Fsp3) is 0.529. The minimum Gasteiger partial charge on any atom is -0.493 e. The Labute approximate surface area is 163 Å². The van der Waals surface area contributed by atoms with Crippen LogP contribution >= 0.6 is 11.6 Å². The average molecular weight is 420 g/mol. The van der Waals surface area contributed by atoms with E-state index in [-0.39, 0.29) is 27.8 Å². The van der Waals surface area contributed by atoms with Gasteiger partial charge >= 0.3 is 5.97 Å². The van der Waals surface area contributed by atoms with Crippen molar-refractivity contribution < 1.29 is 32.2 Å². The molecule has 0 spiro atoms. The summed E-state index contributed by atoms with van der Waals surface area (Å²) < 4.78 is 38.6. The first-order valence-electron chi connectivity index (χ1n) is 8.39. The first-order valence-corrected chi connectivity index (χ1v) is 10.6. The summed E-state index contributed by atoms with van der Waals surface area (Å²) in [5.74, 6) is -0.813. The smallest absolute Gasteiger partial charge is 0.339 e. The molecule has 8 nitrogen and oxygen atoms in total. The quantitative estimate of drug-likeness (QED) is 0.668. The van der Waals surface area contributed by atoms with Gasteiger partial charge in [-0.15, -0.1) is 0 Å². The molecule has 0 aliphatic carbocycles. The molecule has 1 fully saturated rings. The lowest BCUT2D eigenvalue weighted by Crippen LogP contribution is -2.42. The normalized spacial score (nSPS) is 19.2. The Balaban J connectivity index is 2.03. The highest BCUT2D eigenvalue weighted by Gasteiger charge is 2.31. The van der Waals surface area contributed by atoms with Crippen molar-refractivity contribution in [3.63, 3.8) is 0 Å². The van der Waals surface area contributed by atoms with Crippen molar-refractivity contribution in [3.05, 3.63) is 22.7 Å². The topological polar surface area (TPSA) is 108 Å². The number of esters is 1. The molecule has 1 aliphatic rings. The van der Waals surface area contributed by atoms with E-state index in [0.717, 1.165) is 0 Å². The zero-order valence-corrected chi connectivity index (χ0v) is 16.9. The van der Waals surface area contributed by atoms with Crippen molar-refractivity contribution in [3.8, 4) is 11.5 Å². The lowest BCUT2D eigenvalue weighted by molar-refractivity contribution is -0.129. The molecule has 10 heteroatoms. The number of sulfone groups is 1. The van der Waals surface area contributed by atoms with Crippen LogP contribution in [0.15, 0.2) is 12.1 Å². The van der Waals surface area contributed by atoms with Gasteiger partial charge in [0.2, 0.25) is 0 Å². The first-order chi connectivity index (χ1) is 12.7. The maximum absolute atomic E-state index is 12.3. The molecule has 0 radical (unpaired) electrons. The molecule has 0 bridgehead atoms. The third kappa shape index (κ3) is 5.49. The van der Waals surface area contributed by atoms with Crippen LogP contribution in [0, 0.1) is 0 Å². The summed E-state index contributed by atoms with van der Waals surface area (Å²) in [6, 6.07) is 2.31. The Bertz CT molecular complexity index is 825. The van der Waals surface area contributed by atoms with Gasteiger partial charge in [-0.05, 0) is 32.4 Å². The van der Waals surface area contributed by atoms with E-state index in [1.807, 2.05) is 0 Å². The first kappa shape index (κ1) is 21.3. The van der Waals surface area contributed by atoms with Gasteiger partial charge < -0.3 is 19.5 Å². The maximum atomic E-state index is 12.3. The number of methoxy groups -OCH3 is 1. The molecule has 150 valence electrons. The van der Waals surface area contributed by atoms with E-state index in [0.29, 0.717) is 18.8 Å². The van der Waals surface area contributed by atoms with Gasteiger partial charge in [0, 0.05) is 6.04 Å². The van der Waals surface area contributed by atoms with E-state index in [1.54, 1.807) is 6.92 Å². The van der Waals surface area contributed by atoms with E-state index in [1.165, 1.54) is 26.2 Å². The van der Waals surface area contributed by atoms with E-state index >= 15 is 0 Å². The maximum Gasteiger partial charge on any atom is 0.339 e. The van der Waals surface area contributed by atoms with Crippen LogP contribution < -0.4 is 14.8 Å². The molecule has 0 unspecified atom stereocenters. The second kappa shape index (κ2) is 8.79. The summed E-state index contributed by atoms with van der Waals surface area (Å²) in [7, 11) is -1.71. The molecule has 1 aromatic rings. The largest absolute Gasteiger partial charge is 0.493 e. The minimum absolute atomic E-state index is 0.0383. The predicted octanol–water partition coefficient (Wildman–Crippen LogP) is 1.60. The molecule has 1 amide bonds. The molecular weight excluding hydrogens is 398 g/mol. The lowest BCUT2D eigenvalue weighted by atomic mass is 10.2. The van der Waals surface area contributed by atoms with Crippen LogP contribution in [0.4, 0.5) is 0 Å². The number of carbonyl (C=O) groups is 2. The second-order valence-electron chi connectivity index (χ2n) is 6.08. The Morgan fingerprint density at radius 2 is 2.07 bits per heavy atom. The highest BCUT2D eigenvalue weighted by atomic mass is 35.5. The monoisotopic (exact) mass is 419 g/mol. The van der Waals surface area contributed by atoms with Gasteiger partial charge in [-0.25, -0.2) is 13.2 Å². The van der Waals surface area contributed by atoms with Crippen molar-refractivity contribution >= 4 is 33.3 Å². The summed E-state index contributed by atoms with van der Waals surface area (Å²) in [4.78, 5) is 24.5. The lowest BCUT2D eigenvalue weighted by Gasteiger charge is -2.17. The second-order valence-corrected chi connectivity index (χ2v) is 8.71. The van der Waals surface area contributed by atoms with E-state index < -0.39 is 33.9 Å². The Morgan fingerprint density at radius 3 is 2.63 bits per heavy atom. The third-order valence-corrected chi connectivity index (χ3v) is 6.03. The van der Waals surface area contributed by atoms with Crippen molar-refractivity contribution in [1.29, 1.82) is 0 Å². The minimum atomic E-state index is -3.12. The van der Waals surface area contributed by atoms with Gasteiger partial charge in [-0.1, -0.05) is 11.6 Å². The molecular formula is C17H22ClNO7S. The van der Waals surface area contributed by atoms with Crippen LogP contribution in [-0.2, 0) is 19.4 Å². The summed E-state index contributed by atoms with van der Waals surface area (Å²) >= 11 is 6.13. The summed E-state index contributed by atoms with van der Waals surface area (Å²) in [5.41, 5.74) is 0.100.